The Morgan fingerprint density at radius 2 is 1.90 bits per heavy atom. The summed E-state index contributed by atoms with van der Waals surface area (Å²) in [5, 5.41) is 3.30. The van der Waals surface area contributed by atoms with E-state index in [1.54, 1.807) is 19.2 Å². The molecule has 0 amide bonds. The Morgan fingerprint density at radius 1 is 1.21 bits per heavy atom. The molecule has 2 heterocycles. The van der Waals surface area contributed by atoms with E-state index in [1.807, 2.05) is 6.92 Å². The molecule has 3 rings (SSSR count). The molecule has 0 spiro atoms. The Morgan fingerprint density at radius 3 is 2.52 bits per heavy atom. The van der Waals surface area contributed by atoms with Crippen LogP contribution in [0.4, 0.5) is 17.6 Å². The monoisotopic (exact) mass is 530 g/mol. The lowest BCUT2D eigenvalue weighted by molar-refractivity contribution is -0.143. The van der Waals surface area contributed by atoms with Gasteiger partial charge in [0.05, 0.1) is 19.2 Å². The number of rotatable bonds is 3. The molecule has 0 aliphatic carbocycles. The van der Waals surface area contributed by atoms with Crippen molar-refractivity contribution in [3.8, 4) is 0 Å². The number of hydrogen-bond donors (Lipinski definition) is 1. The summed E-state index contributed by atoms with van der Waals surface area (Å²) >= 11 is 0. The molecule has 0 aromatic heterocycles. The largest absolute Gasteiger partial charge is 0.401 e. The van der Waals surface area contributed by atoms with Crippen LogP contribution in [0.1, 0.15) is 25.0 Å². The first-order valence-electron chi connectivity index (χ1n) is 9.42. The standard InChI is InChI=1S/C19H26F4N4O.HI/c1-13-9-27(11-17(28-13)14-3-5-15(20)6-4-14)18(24-2)25-16-7-8-26(10-16)12-19(21,22)23;/h3-6,13,16-17H,7-12H2,1-2H3,(H,24,25);1H. The van der Waals surface area contributed by atoms with Crippen LogP contribution < -0.4 is 5.32 Å². The van der Waals surface area contributed by atoms with E-state index in [0.29, 0.717) is 38.6 Å². The lowest BCUT2D eigenvalue weighted by Gasteiger charge is -2.39. The van der Waals surface area contributed by atoms with Crippen molar-refractivity contribution in [1.29, 1.82) is 0 Å². The average molecular weight is 530 g/mol. The van der Waals surface area contributed by atoms with Crippen LogP contribution in [-0.2, 0) is 4.74 Å². The minimum absolute atomic E-state index is 0. The van der Waals surface area contributed by atoms with Gasteiger partial charge in [0.25, 0.3) is 0 Å². The van der Waals surface area contributed by atoms with Crippen LogP contribution in [-0.4, -0.2) is 73.9 Å². The van der Waals surface area contributed by atoms with Gasteiger partial charge in [0.1, 0.15) is 11.9 Å². The molecule has 10 heteroatoms. The summed E-state index contributed by atoms with van der Waals surface area (Å²) < 4.78 is 57.0. The first kappa shape index (κ1) is 24.1. The van der Waals surface area contributed by atoms with E-state index < -0.39 is 12.7 Å². The van der Waals surface area contributed by atoms with Crippen molar-refractivity contribution < 1.29 is 22.3 Å². The molecule has 1 aromatic carbocycles. The number of nitrogens with zero attached hydrogens (tertiary/aromatic N) is 3. The third-order valence-corrected chi connectivity index (χ3v) is 5.02. The van der Waals surface area contributed by atoms with Crippen molar-refractivity contribution in [2.45, 2.75) is 37.8 Å². The van der Waals surface area contributed by atoms with E-state index >= 15 is 0 Å². The molecule has 5 nitrogen and oxygen atoms in total. The van der Waals surface area contributed by atoms with E-state index in [-0.39, 0.29) is 48.0 Å². The zero-order chi connectivity index (χ0) is 20.3. The van der Waals surface area contributed by atoms with Gasteiger partial charge in [-0.05, 0) is 31.0 Å². The SMILES string of the molecule is CN=C(NC1CCN(CC(F)(F)F)C1)N1CC(C)OC(c2ccc(F)cc2)C1.I. The number of alkyl halides is 3. The van der Waals surface area contributed by atoms with Crippen molar-refractivity contribution in [3.63, 3.8) is 0 Å². The number of hydrogen-bond acceptors (Lipinski definition) is 3. The van der Waals surface area contributed by atoms with Gasteiger partial charge < -0.3 is 15.0 Å². The van der Waals surface area contributed by atoms with E-state index in [9.17, 15) is 17.6 Å². The lowest BCUT2D eigenvalue weighted by atomic mass is 10.1. The summed E-state index contributed by atoms with van der Waals surface area (Å²) in [6.07, 6.45) is -3.84. The minimum Gasteiger partial charge on any atom is -0.367 e. The van der Waals surface area contributed by atoms with Crippen molar-refractivity contribution in [2.75, 3.05) is 39.8 Å². The number of ether oxygens (including phenoxy) is 1. The second kappa shape index (κ2) is 10.3. The van der Waals surface area contributed by atoms with Crippen LogP contribution in [0.2, 0.25) is 0 Å². The molecule has 2 aliphatic heterocycles. The number of likely N-dealkylation sites (tertiary alicyclic amines) is 1. The lowest BCUT2D eigenvalue weighted by Crippen LogP contribution is -2.53. The van der Waals surface area contributed by atoms with Gasteiger partial charge in [0.15, 0.2) is 5.96 Å². The Balaban J connectivity index is 0.00000300. The summed E-state index contributed by atoms with van der Waals surface area (Å²) in [5.41, 5.74) is 0.880. The van der Waals surface area contributed by atoms with Crippen molar-refractivity contribution >= 4 is 29.9 Å². The normalized spacial score (nSPS) is 26.3. The molecule has 0 radical (unpaired) electrons. The molecule has 2 aliphatic rings. The highest BCUT2D eigenvalue weighted by atomic mass is 127. The molecule has 29 heavy (non-hydrogen) atoms. The van der Waals surface area contributed by atoms with Gasteiger partial charge in [0.2, 0.25) is 0 Å². The molecular formula is C19H27F4IN4O. The number of benzene rings is 1. The maximum absolute atomic E-state index is 13.2. The second-order valence-electron chi connectivity index (χ2n) is 7.42. The minimum atomic E-state index is -4.18. The maximum Gasteiger partial charge on any atom is 0.401 e. The molecule has 2 fully saturated rings. The molecule has 0 saturated carbocycles. The highest BCUT2D eigenvalue weighted by molar-refractivity contribution is 14.0. The fraction of sp³-hybridized carbons (Fsp3) is 0.632. The number of aliphatic imine (C=N–C) groups is 1. The van der Waals surface area contributed by atoms with Crippen LogP contribution >= 0.6 is 24.0 Å². The van der Waals surface area contributed by atoms with Gasteiger partial charge in [-0.2, -0.15) is 13.2 Å². The number of morpholine rings is 1. The van der Waals surface area contributed by atoms with Crippen LogP contribution in [0.3, 0.4) is 0 Å². The van der Waals surface area contributed by atoms with E-state index in [1.165, 1.54) is 17.0 Å². The van der Waals surface area contributed by atoms with Crippen molar-refractivity contribution in [2.24, 2.45) is 4.99 Å². The van der Waals surface area contributed by atoms with Crippen LogP contribution in [0.25, 0.3) is 0 Å². The Hall–Kier alpha value is -1.14. The molecule has 164 valence electrons. The fourth-order valence-corrected chi connectivity index (χ4v) is 3.81. The number of halogens is 5. The number of guanidine groups is 1. The number of nitrogens with one attached hydrogen (secondary N) is 1. The topological polar surface area (TPSA) is 40.1 Å². The molecule has 3 atom stereocenters. The Kier molecular flexibility index (Phi) is 8.53. The maximum atomic E-state index is 13.2. The predicted octanol–water partition coefficient (Wildman–Crippen LogP) is 3.42. The third-order valence-electron chi connectivity index (χ3n) is 5.02. The summed E-state index contributed by atoms with van der Waals surface area (Å²) in [4.78, 5) is 7.79. The Bertz CT molecular complexity index is 686. The van der Waals surface area contributed by atoms with Gasteiger partial charge in [-0.25, -0.2) is 4.39 Å². The van der Waals surface area contributed by atoms with Crippen molar-refractivity contribution in [3.05, 3.63) is 35.6 Å². The summed E-state index contributed by atoms with van der Waals surface area (Å²) in [5.74, 6) is 0.354. The van der Waals surface area contributed by atoms with Gasteiger partial charge in [-0.1, -0.05) is 12.1 Å². The first-order valence-corrected chi connectivity index (χ1v) is 9.42. The average Bonchev–Trinajstić information content (AvgIpc) is 3.04. The van der Waals surface area contributed by atoms with E-state index in [2.05, 4.69) is 15.2 Å². The van der Waals surface area contributed by atoms with Gasteiger partial charge in [-0.15, -0.1) is 24.0 Å². The predicted molar refractivity (Wildman–Crippen MR) is 114 cm³/mol. The summed E-state index contributed by atoms with van der Waals surface area (Å²) in [6, 6.07) is 6.15. The molecule has 3 unspecified atom stereocenters. The van der Waals surface area contributed by atoms with Crippen LogP contribution in [0.5, 0.6) is 0 Å². The van der Waals surface area contributed by atoms with Crippen LogP contribution in [0.15, 0.2) is 29.3 Å². The van der Waals surface area contributed by atoms with E-state index in [0.717, 1.165) is 5.56 Å². The fourth-order valence-electron chi connectivity index (χ4n) is 3.81. The van der Waals surface area contributed by atoms with E-state index in [4.69, 9.17) is 4.74 Å². The zero-order valence-electron chi connectivity index (χ0n) is 16.5. The highest BCUT2D eigenvalue weighted by Crippen LogP contribution is 2.26. The zero-order valence-corrected chi connectivity index (χ0v) is 18.8. The smallest absolute Gasteiger partial charge is 0.367 e. The van der Waals surface area contributed by atoms with Crippen molar-refractivity contribution in [1.82, 2.24) is 15.1 Å². The molecular weight excluding hydrogens is 503 g/mol. The molecule has 0 bridgehead atoms. The first-order chi connectivity index (χ1) is 13.2. The van der Waals surface area contributed by atoms with Gasteiger partial charge in [0, 0.05) is 32.7 Å². The van der Waals surface area contributed by atoms with Gasteiger partial charge in [-0.3, -0.25) is 9.89 Å². The molecule has 2 saturated heterocycles. The quantitative estimate of drug-likeness (QED) is 0.282. The summed E-state index contributed by atoms with van der Waals surface area (Å²) in [6.45, 7) is 2.97. The van der Waals surface area contributed by atoms with Crippen LogP contribution in [0, 0.1) is 5.82 Å². The Labute approximate surface area is 185 Å². The highest BCUT2D eigenvalue weighted by Gasteiger charge is 2.35. The summed E-state index contributed by atoms with van der Waals surface area (Å²) in [7, 11) is 1.66. The third kappa shape index (κ3) is 6.95. The van der Waals surface area contributed by atoms with Gasteiger partial charge >= 0.3 is 6.18 Å². The second-order valence-corrected chi connectivity index (χ2v) is 7.42. The molecule has 1 aromatic rings. The molecule has 1 N–H and O–H groups in total.